The van der Waals surface area contributed by atoms with Crippen molar-refractivity contribution in [2.45, 2.75) is 71.6 Å². The molecule has 0 spiro atoms. The lowest BCUT2D eigenvalue weighted by atomic mass is 9.81. The van der Waals surface area contributed by atoms with Crippen LogP contribution in [0.25, 0.3) is 11.3 Å². The number of unbranched alkanes of at least 4 members (excludes halogenated alkanes) is 2. The largest absolute Gasteiger partial charge is 0.493 e. The van der Waals surface area contributed by atoms with Crippen LogP contribution in [0.4, 0.5) is 0 Å². The Kier molecular flexibility index (Phi) is 7.74. The zero-order chi connectivity index (χ0) is 18.9. The third kappa shape index (κ3) is 6.09. The van der Waals surface area contributed by atoms with Crippen LogP contribution >= 0.6 is 0 Å². The van der Waals surface area contributed by atoms with E-state index in [0.717, 1.165) is 41.9 Å². The van der Waals surface area contributed by atoms with Gasteiger partial charge in [0.1, 0.15) is 5.75 Å². The molecule has 0 N–H and O–H groups in total. The van der Waals surface area contributed by atoms with Crippen LogP contribution in [-0.2, 0) is 6.42 Å². The molecule has 1 fully saturated rings. The number of rotatable bonds is 9. The van der Waals surface area contributed by atoms with E-state index in [1.54, 1.807) is 0 Å². The van der Waals surface area contributed by atoms with E-state index in [2.05, 4.69) is 55.2 Å². The van der Waals surface area contributed by atoms with Gasteiger partial charge in [0, 0.05) is 11.8 Å². The minimum Gasteiger partial charge on any atom is -0.493 e. The van der Waals surface area contributed by atoms with Gasteiger partial charge >= 0.3 is 0 Å². The second-order valence-electron chi connectivity index (χ2n) is 8.14. The van der Waals surface area contributed by atoms with Crippen LogP contribution in [0.2, 0.25) is 0 Å². The van der Waals surface area contributed by atoms with Gasteiger partial charge in [-0.05, 0) is 73.4 Å². The number of pyridine rings is 1. The van der Waals surface area contributed by atoms with E-state index in [-0.39, 0.29) is 0 Å². The molecule has 0 bridgehead atoms. The van der Waals surface area contributed by atoms with E-state index in [4.69, 9.17) is 4.74 Å². The van der Waals surface area contributed by atoms with Gasteiger partial charge in [-0.15, -0.1) is 0 Å². The molecule has 2 heteroatoms. The van der Waals surface area contributed by atoms with Crippen molar-refractivity contribution in [1.82, 2.24) is 4.98 Å². The molecule has 0 unspecified atom stereocenters. The molecule has 1 heterocycles. The first-order chi connectivity index (χ1) is 13.3. The molecule has 146 valence electrons. The molecule has 3 rings (SSSR count). The Morgan fingerprint density at radius 2 is 1.63 bits per heavy atom. The predicted octanol–water partition coefficient (Wildman–Crippen LogP) is 7.08. The summed E-state index contributed by atoms with van der Waals surface area (Å²) in [6.07, 6.45) is 13.7. The molecule has 0 radical (unpaired) electrons. The molecule has 0 saturated heterocycles. The van der Waals surface area contributed by atoms with Gasteiger partial charge in [-0.3, -0.25) is 4.98 Å². The molecular weight excluding hydrogens is 330 g/mol. The lowest BCUT2D eigenvalue weighted by Crippen LogP contribution is -2.19. The number of nitrogens with zero attached hydrogens (tertiary/aromatic N) is 1. The number of aromatic nitrogens is 1. The monoisotopic (exact) mass is 365 g/mol. The molecular formula is C25H35NO. The third-order valence-electron chi connectivity index (χ3n) is 6.07. The second kappa shape index (κ2) is 10.5. The Bertz CT molecular complexity index is 654. The van der Waals surface area contributed by atoms with Gasteiger partial charge in [-0.1, -0.05) is 52.0 Å². The summed E-state index contributed by atoms with van der Waals surface area (Å²) >= 11 is 0. The molecule has 1 aliphatic carbocycles. The molecule has 1 aromatic heterocycles. The smallest absolute Gasteiger partial charge is 0.119 e. The number of aryl methyl sites for hydroxylation is 1. The fourth-order valence-electron chi connectivity index (χ4n) is 4.06. The van der Waals surface area contributed by atoms with Gasteiger partial charge in [0.05, 0.1) is 12.3 Å². The van der Waals surface area contributed by atoms with Crippen molar-refractivity contribution >= 4 is 0 Å². The van der Waals surface area contributed by atoms with E-state index in [1.807, 2.05) is 6.20 Å². The standard InChI is InChI=1S/C25H35NO/c1-3-5-6-7-21-12-17-25(26-18-21)23-13-15-24(16-14-23)27-19-22-10-8-20(4-2)9-11-22/h12-18,20,22H,3-11,19H2,1-2H3/t20-,22-. The summed E-state index contributed by atoms with van der Waals surface area (Å²) in [5.41, 5.74) is 3.54. The van der Waals surface area contributed by atoms with Gasteiger partial charge in [0.2, 0.25) is 0 Å². The van der Waals surface area contributed by atoms with E-state index >= 15 is 0 Å². The molecule has 2 nitrogen and oxygen atoms in total. The quantitative estimate of drug-likeness (QED) is 0.443. The van der Waals surface area contributed by atoms with E-state index in [9.17, 15) is 0 Å². The van der Waals surface area contributed by atoms with Crippen LogP contribution < -0.4 is 4.74 Å². The summed E-state index contributed by atoms with van der Waals surface area (Å²) in [6, 6.07) is 12.8. The summed E-state index contributed by atoms with van der Waals surface area (Å²) in [7, 11) is 0. The normalized spacial score (nSPS) is 19.8. The molecule has 0 atom stereocenters. The average Bonchev–Trinajstić information content (AvgIpc) is 2.74. The molecule has 0 amide bonds. The van der Waals surface area contributed by atoms with Crippen molar-refractivity contribution in [3.8, 4) is 17.0 Å². The topological polar surface area (TPSA) is 22.1 Å². The van der Waals surface area contributed by atoms with Crippen molar-refractivity contribution in [3.63, 3.8) is 0 Å². The van der Waals surface area contributed by atoms with Crippen molar-refractivity contribution < 1.29 is 4.74 Å². The Morgan fingerprint density at radius 1 is 0.889 bits per heavy atom. The summed E-state index contributed by atoms with van der Waals surface area (Å²) in [5, 5.41) is 0. The number of hydrogen-bond donors (Lipinski definition) is 0. The Morgan fingerprint density at radius 3 is 2.26 bits per heavy atom. The number of benzene rings is 1. The zero-order valence-corrected chi connectivity index (χ0v) is 17.1. The van der Waals surface area contributed by atoms with Gasteiger partial charge in [-0.2, -0.15) is 0 Å². The minimum absolute atomic E-state index is 0.731. The van der Waals surface area contributed by atoms with E-state index in [1.165, 1.54) is 56.9 Å². The van der Waals surface area contributed by atoms with Gasteiger partial charge in [0.15, 0.2) is 0 Å². The highest BCUT2D eigenvalue weighted by Crippen LogP contribution is 2.31. The van der Waals surface area contributed by atoms with Crippen LogP contribution in [0, 0.1) is 11.8 Å². The van der Waals surface area contributed by atoms with E-state index in [0.29, 0.717) is 0 Å². The van der Waals surface area contributed by atoms with Crippen molar-refractivity contribution in [3.05, 3.63) is 48.2 Å². The van der Waals surface area contributed by atoms with E-state index < -0.39 is 0 Å². The fraction of sp³-hybridized carbons (Fsp3) is 0.560. The Labute approximate surface area is 165 Å². The lowest BCUT2D eigenvalue weighted by Gasteiger charge is -2.27. The molecule has 1 aromatic carbocycles. The van der Waals surface area contributed by atoms with Crippen molar-refractivity contribution in [1.29, 1.82) is 0 Å². The third-order valence-corrected chi connectivity index (χ3v) is 6.07. The van der Waals surface area contributed by atoms with Gasteiger partial charge in [0.25, 0.3) is 0 Å². The van der Waals surface area contributed by atoms with Crippen LogP contribution in [0.3, 0.4) is 0 Å². The minimum atomic E-state index is 0.731. The molecule has 0 aliphatic heterocycles. The van der Waals surface area contributed by atoms with Crippen LogP contribution in [0.15, 0.2) is 42.6 Å². The lowest BCUT2D eigenvalue weighted by molar-refractivity contribution is 0.181. The maximum absolute atomic E-state index is 6.06. The maximum atomic E-state index is 6.06. The second-order valence-corrected chi connectivity index (χ2v) is 8.14. The highest BCUT2D eigenvalue weighted by molar-refractivity contribution is 5.60. The molecule has 1 saturated carbocycles. The first-order valence-corrected chi connectivity index (χ1v) is 11.0. The highest BCUT2D eigenvalue weighted by atomic mass is 16.5. The molecule has 2 aromatic rings. The van der Waals surface area contributed by atoms with Gasteiger partial charge < -0.3 is 4.74 Å². The van der Waals surface area contributed by atoms with Crippen LogP contribution in [0.1, 0.15) is 70.8 Å². The average molecular weight is 366 g/mol. The highest BCUT2D eigenvalue weighted by Gasteiger charge is 2.20. The number of ether oxygens (including phenoxy) is 1. The van der Waals surface area contributed by atoms with Crippen molar-refractivity contribution in [2.75, 3.05) is 6.61 Å². The SMILES string of the molecule is CCCCCc1ccc(-c2ccc(OC[C@H]3CC[C@H](CC)CC3)cc2)nc1. The van der Waals surface area contributed by atoms with Crippen LogP contribution in [0.5, 0.6) is 5.75 Å². The fourth-order valence-corrected chi connectivity index (χ4v) is 4.06. The summed E-state index contributed by atoms with van der Waals surface area (Å²) < 4.78 is 6.06. The van der Waals surface area contributed by atoms with Crippen molar-refractivity contribution in [2.24, 2.45) is 11.8 Å². The molecule has 1 aliphatic rings. The molecule has 27 heavy (non-hydrogen) atoms. The maximum Gasteiger partial charge on any atom is 0.119 e. The van der Waals surface area contributed by atoms with Gasteiger partial charge in [-0.25, -0.2) is 0 Å². The van der Waals surface area contributed by atoms with Crippen LogP contribution in [-0.4, -0.2) is 11.6 Å². The predicted molar refractivity (Wildman–Crippen MR) is 114 cm³/mol. The first kappa shape index (κ1) is 19.9. The first-order valence-electron chi connectivity index (χ1n) is 11.0. The summed E-state index contributed by atoms with van der Waals surface area (Å²) in [4.78, 5) is 4.65. The Balaban J connectivity index is 1.48. The summed E-state index contributed by atoms with van der Waals surface area (Å²) in [6.45, 7) is 5.42. The number of hydrogen-bond acceptors (Lipinski definition) is 2. The summed E-state index contributed by atoms with van der Waals surface area (Å²) in [5.74, 6) is 2.66. The zero-order valence-electron chi connectivity index (χ0n) is 17.1. The Hall–Kier alpha value is -1.83.